The lowest BCUT2D eigenvalue weighted by atomic mass is 9.51. The number of Topliss-reactive ketones (excluding diaryl/α,β-unsaturated/α-hetero) is 1. The number of ether oxygens (including phenoxy) is 6. The third-order valence-electron chi connectivity index (χ3n) is 8.97. The van der Waals surface area contributed by atoms with Gasteiger partial charge in [-0.1, -0.05) is 36.4 Å². The van der Waals surface area contributed by atoms with Crippen LogP contribution in [0.25, 0.3) is 0 Å². The number of aliphatic hydroxyl groups is 1. The van der Waals surface area contributed by atoms with Gasteiger partial charge in [-0.3, -0.25) is 19.2 Å². The highest BCUT2D eigenvalue weighted by Crippen LogP contribution is 2.65. The number of carbonyl (C=O) groups is 6. The smallest absolute Gasteiger partial charge is 0.338 e. The zero-order valence-corrected chi connectivity index (χ0v) is 26.7. The van der Waals surface area contributed by atoms with E-state index in [4.69, 9.17) is 28.4 Å². The molecule has 0 amide bonds. The quantitative estimate of drug-likeness (QED) is 0.341. The van der Waals surface area contributed by atoms with Gasteiger partial charge in [0.2, 0.25) is 11.7 Å². The van der Waals surface area contributed by atoms with Crippen molar-refractivity contribution in [3.63, 3.8) is 0 Å². The maximum atomic E-state index is 14.8. The predicted molar refractivity (Wildman–Crippen MR) is 159 cm³/mol. The molecule has 2 aliphatic carbocycles. The second-order valence-electron chi connectivity index (χ2n) is 12.7. The first-order valence-electron chi connectivity index (χ1n) is 15.0. The molecule has 1 heterocycles. The molecule has 1 aliphatic heterocycles. The van der Waals surface area contributed by atoms with Crippen LogP contribution in [-0.4, -0.2) is 87.6 Å². The van der Waals surface area contributed by atoms with Crippen LogP contribution in [0, 0.1) is 5.92 Å². The minimum atomic E-state index is -2.79. The van der Waals surface area contributed by atoms with Gasteiger partial charge in [-0.2, -0.15) is 0 Å². The Labute approximate surface area is 270 Å². The number of benzene rings is 2. The molecule has 5 rings (SSSR count). The van der Waals surface area contributed by atoms with Gasteiger partial charge in [0.25, 0.3) is 0 Å². The minimum absolute atomic E-state index is 0.0129. The fraction of sp³-hybridized carbons (Fsp3) is 0.471. The Balaban J connectivity index is 1.85. The van der Waals surface area contributed by atoms with E-state index in [1.54, 1.807) is 36.4 Å². The van der Waals surface area contributed by atoms with Crippen molar-refractivity contribution in [1.29, 1.82) is 0 Å². The van der Waals surface area contributed by atoms with Crippen LogP contribution in [-0.2, 0) is 47.6 Å². The van der Waals surface area contributed by atoms with Crippen LogP contribution in [0.3, 0.4) is 0 Å². The molecule has 2 bridgehead atoms. The largest absolute Gasteiger partial charge is 0.458 e. The molecule has 2 saturated carbocycles. The lowest BCUT2D eigenvalue weighted by Gasteiger charge is -2.64. The summed E-state index contributed by atoms with van der Waals surface area (Å²) in [5.41, 5.74) is -9.03. The van der Waals surface area contributed by atoms with Gasteiger partial charge >= 0.3 is 29.8 Å². The Morgan fingerprint density at radius 2 is 1.23 bits per heavy atom. The van der Waals surface area contributed by atoms with Crippen molar-refractivity contribution in [2.45, 2.75) is 94.8 Å². The van der Waals surface area contributed by atoms with Gasteiger partial charge < -0.3 is 33.5 Å². The number of carbonyl (C=O) groups excluding carboxylic acids is 6. The Hall–Kier alpha value is -4.62. The highest BCUT2D eigenvalue weighted by Gasteiger charge is 2.90. The van der Waals surface area contributed by atoms with Crippen LogP contribution in [0.15, 0.2) is 60.7 Å². The van der Waals surface area contributed by atoms with Crippen LogP contribution < -0.4 is 0 Å². The lowest BCUT2D eigenvalue weighted by molar-refractivity contribution is -0.362. The molecule has 47 heavy (non-hydrogen) atoms. The van der Waals surface area contributed by atoms with Crippen molar-refractivity contribution in [1.82, 2.24) is 0 Å². The molecule has 2 aromatic carbocycles. The van der Waals surface area contributed by atoms with Crippen molar-refractivity contribution in [3.8, 4) is 0 Å². The highest BCUT2D eigenvalue weighted by molar-refractivity contribution is 5.97. The summed E-state index contributed by atoms with van der Waals surface area (Å²) in [6.45, 7) is 7.39. The van der Waals surface area contributed by atoms with E-state index in [2.05, 4.69) is 0 Å². The standard InChI is InChI=1S/C34H36O13/c1-18(35)42-23-17-32(6,41)34-27(43-19(2)36)24(31(4,5)47-34)25(38)28(45-30(40)22-15-11-8-12-16-22)33(34,46-20(3)37)26(23)44-29(39)21-13-9-7-10-14-21/h7-16,23-24,26-28,41H,17H2,1-6H3/t23-,24+,26-,27+,28+,32-,33+,34-/m0/s1. The summed E-state index contributed by atoms with van der Waals surface area (Å²) in [5.74, 6) is -7.16. The van der Waals surface area contributed by atoms with Gasteiger partial charge in [0.05, 0.1) is 22.6 Å². The van der Waals surface area contributed by atoms with Gasteiger partial charge in [0, 0.05) is 27.2 Å². The van der Waals surface area contributed by atoms with E-state index in [9.17, 15) is 33.9 Å². The highest BCUT2D eigenvalue weighted by atomic mass is 16.7. The van der Waals surface area contributed by atoms with Gasteiger partial charge in [0.1, 0.15) is 11.7 Å². The summed E-state index contributed by atoms with van der Waals surface area (Å²) < 4.78 is 35.9. The zero-order chi connectivity index (χ0) is 34.5. The third-order valence-corrected chi connectivity index (χ3v) is 8.97. The second-order valence-corrected chi connectivity index (χ2v) is 12.7. The molecule has 0 radical (unpaired) electrons. The number of fused-ring (bicyclic) bond motifs is 1. The average molecular weight is 653 g/mol. The summed E-state index contributed by atoms with van der Waals surface area (Å²) in [6, 6.07) is 15.3. The fourth-order valence-corrected chi connectivity index (χ4v) is 7.51. The maximum Gasteiger partial charge on any atom is 0.338 e. The topological polar surface area (TPSA) is 178 Å². The number of hydrogen-bond donors (Lipinski definition) is 1. The Kier molecular flexibility index (Phi) is 8.52. The van der Waals surface area contributed by atoms with Crippen molar-refractivity contribution in [3.05, 3.63) is 71.8 Å². The van der Waals surface area contributed by atoms with E-state index in [1.165, 1.54) is 45.0 Å². The fourth-order valence-electron chi connectivity index (χ4n) is 7.51. The van der Waals surface area contributed by atoms with Gasteiger partial charge in [-0.15, -0.1) is 0 Å². The third kappa shape index (κ3) is 5.36. The van der Waals surface area contributed by atoms with E-state index in [0.717, 1.165) is 20.8 Å². The predicted octanol–water partition coefficient (Wildman–Crippen LogP) is 2.50. The van der Waals surface area contributed by atoms with Gasteiger partial charge in [0.15, 0.2) is 23.6 Å². The Bertz CT molecular complexity index is 1600. The van der Waals surface area contributed by atoms with E-state index in [0.29, 0.717) is 0 Å². The van der Waals surface area contributed by atoms with Crippen LogP contribution >= 0.6 is 0 Å². The van der Waals surface area contributed by atoms with E-state index < -0.39 is 94.8 Å². The number of esters is 5. The van der Waals surface area contributed by atoms with Crippen molar-refractivity contribution >= 4 is 35.6 Å². The zero-order valence-electron chi connectivity index (χ0n) is 26.7. The van der Waals surface area contributed by atoms with Crippen molar-refractivity contribution in [2.75, 3.05) is 0 Å². The van der Waals surface area contributed by atoms with E-state index in [1.807, 2.05) is 0 Å². The molecule has 2 aromatic rings. The molecule has 0 aromatic heterocycles. The summed E-state index contributed by atoms with van der Waals surface area (Å²) >= 11 is 0. The first kappa shape index (κ1) is 33.7. The lowest BCUT2D eigenvalue weighted by Crippen LogP contribution is -2.88. The maximum absolute atomic E-state index is 14.8. The SMILES string of the molecule is CC(=O)O[C@H]1C[C@](C)(O)[C@]23OC(C)(C)[C@H](C(=O)[C@@H](OC(=O)c4ccccc4)[C@]2(OC(C)=O)[C@H]1OC(=O)c1ccccc1)[C@H]3OC(C)=O. The summed E-state index contributed by atoms with van der Waals surface area (Å²) in [4.78, 5) is 80.5. The normalized spacial score (nSPS) is 33.5. The monoisotopic (exact) mass is 652 g/mol. The summed E-state index contributed by atoms with van der Waals surface area (Å²) in [5, 5.41) is 12.5. The van der Waals surface area contributed by atoms with Crippen molar-refractivity contribution in [2.24, 2.45) is 5.92 Å². The first-order valence-corrected chi connectivity index (χ1v) is 15.0. The van der Waals surface area contributed by atoms with Crippen LogP contribution in [0.2, 0.25) is 0 Å². The minimum Gasteiger partial charge on any atom is -0.458 e. The molecule has 250 valence electrons. The van der Waals surface area contributed by atoms with Gasteiger partial charge in [-0.25, -0.2) is 9.59 Å². The van der Waals surface area contributed by atoms with E-state index >= 15 is 0 Å². The molecule has 3 aliphatic rings. The number of ketones is 1. The second kappa shape index (κ2) is 11.9. The molecular formula is C34H36O13. The molecule has 1 saturated heterocycles. The molecule has 3 fully saturated rings. The molecule has 0 unspecified atom stereocenters. The van der Waals surface area contributed by atoms with Crippen LogP contribution in [0.1, 0.15) is 68.7 Å². The molecule has 8 atom stereocenters. The molecule has 1 spiro atoms. The number of hydrogen-bond acceptors (Lipinski definition) is 13. The van der Waals surface area contributed by atoms with Crippen LogP contribution in [0.4, 0.5) is 0 Å². The first-order chi connectivity index (χ1) is 22.0. The molecule has 13 heteroatoms. The summed E-state index contributed by atoms with van der Waals surface area (Å²) in [6.07, 6.45) is -7.90. The number of rotatable bonds is 7. The Morgan fingerprint density at radius 1 is 0.723 bits per heavy atom. The molecular weight excluding hydrogens is 616 g/mol. The van der Waals surface area contributed by atoms with Crippen LogP contribution in [0.5, 0.6) is 0 Å². The Morgan fingerprint density at radius 3 is 1.72 bits per heavy atom. The van der Waals surface area contributed by atoms with E-state index in [-0.39, 0.29) is 11.1 Å². The average Bonchev–Trinajstić information content (AvgIpc) is 3.20. The summed E-state index contributed by atoms with van der Waals surface area (Å²) in [7, 11) is 0. The molecule has 13 nitrogen and oxygen atoms in total. The van der Waals surface area contributed by atoms with Gasteiger partial charge in [-0.05, 0) is 45.0 Å². The molecule has 1 N–H and O–H groups in total. The van der Waals surface area contributed by atoms with Crippen molar-refractivity contribution < 1.29 is 62.3 Å².